The number of aromatic amines is 1. The second kappa shape index (κ2) is 6.94. The number of nitrogens with zero attached hydrogens (tertiary/aromatic N) is 2. The van der Waals surface area contributed by atoms with Crippen molar-refractivity contribution in [2.45, 2.75) is 32.3 Å². The summed E-state index contributed by atoms with van der Waals surface area (Å²) in [5, 5.41) is 18.0. The van der Waals surface area contributed by atoms with E-state index in [1.165, 1.54) is 7.11 Å². The van der Waals surface area contributed by atoms with E-state index in [1.807, 2.05) is 0 Å². The molecule has 0 saturated heterocycles. The van der Waals surface area contributed by atoms with E-state index in [4.69, 9.17) is 9.15 Å². The Kier molecular flexibility index (Phi) is 4.61. The summed E-state index contributed by atoms with van der Waals surface area (Å²) in [6.45, 7) is 1.48. The summed E-state index contributed by atoms with van der Waals surface area (Å²) in [4.78, 5) is 16.3. The SMILES string of the molecule is COc1ccc(Br)cc1C(=O)c1c(CO)[nH]c(-c2nnc(C3CC3)o2)c1C. The van der Waals surface area contributed by atoms with Gasteiger partial charge in [0.15, 0.2) is 5.78 Å². The predicted octanol–water partition coefficient (Wildman–Crippen LogP) is 3.74. The number of rotatable bonds is 6. The number of aliphatic hydroxyl groups excluding tert-OH is 1. The van der Waals surface area contributed by atoms with Gasteiger partial charge < -0.3 is 19.2 Å². The van der Waals surface area contributed by atoms with Gasteiger partial charge >= 0.3 is 0 Å². The van der Waals surface area contributed by atoms with Crippen LogP contribution in [0.2, 0.25) is 0 Å². The van der Waals surface area contributed by atoms with Crippen molar-refractivity contribution >= 4 is 21.7 Å². The fraction of sp³-hybridized carbons (Fsp3) is 0.316. The summed E-state index contributed by atoms with van der Waals surface area (Å²) < 4.78 is 11.8. The van der Waals surface area contributed by atoms with Crippen molar-refractivity contribution in [3.05, 3.63) is 50.9 Å². The molecule has 8 heteroatoms. The standard InChI is InChI=1S/C19H18BrN3O4/c1-9-15(17(25)12-7-11(20)5-6-14(12)26-2)13(8-24)21-16(9)19-23-22-18(27-19)10-3-4-10/h5-7,10,21,24H,3-4,8H2,1-2H3. The fourth-order valence-corrected chi connectivity index (χ4v) is 3.48. The van der Waals surface area contributed by atoms with E-state index in [1.54, 1.807) is 25.1 Å². The van der Waals surface area contributed by atoms with Gasteiger partial charge in [0.25, 0.3) is 5.89 Å². The number of H-pyrrole nitrogens is 1. The highest BCUT2D eigenvalue weighted by molar-refractivity contribution is 9.10. The molecule has 2 aromatic heterocycles. The van der Waals surface area contributed by atoms with E-state index < -0.39 is 0 Å². The molecule has 140 valence electrons. The van der Waals surface area contributed by atoms with Crippen LogP contribution < -0.4 is 4.74 Å². The van der Waals surface area contributed by atoms with Crippen LogP contribution in [0.25, 0.3) is 11.6 Å². The smallest absolute Gasteiger partial charge is 0.264 e. The normalized spacial score (nSPS) is 13.8. The number of nitrogens with one attached hydrogen (secondary N) is 1. The molecule has 1 aromatic carbocycles. The minimum atomic E-state index is -0.318. The molecule has 3 aromatic rings. The van der Waals surface area contributed by atoms with Crippen molar-refractivity contribution < 1.29 is 19.1 Å². The van der Waals surface area contributed by atoms with Gasteiger partial charge in [0.1, 0.15) is 11.4 Å². The number of hydrogen-bond donors (Lipinski definition) is 2. The molecule has 1 aliphatic carbocycles. The van der Waals surface area contributed by atoms with Gasteiger partial charge in [-0.25, -0.2) is 0 Å². The summed E-state index contributed by atoms with van der Waals surface area (Å²) in [6, 6.07) is 5.22. The molecule has 1 saturated carbocycles. The molecule has 0 atom stereocenters. The third-order valence-corrected chi connectivity index (χ3v) is 5.19. The summed E-state index contributed by atoms with van der Waals surface area (Å²) in [5.74, 6) is 1.49. The van der Waals surface area contributed by atoms with Crippen LogP contribution in [-0.2, 0) is 6.61 Å². The lowest BCUT2D eigenvalue weighted by molar-refractivity contribution is 0.103. The van der Waals surface area contributed by atoms with Crippen LogP contribution >= 0.6 is 15.9 Å². The van der Waals surface area contributed by atoms with E-state index in [0.29, 0.717) is 51.5 Å². The first-order valence-corrected chi connectivity index (χ1v) is 9.37. The summed E-state index contributed by atoms with van der Waals surface area (Å²) in [5.41, 5.74) is 2.39. The Hall–Kier alpha value is -2.45. The first kappa shape index (κ1) is 17.9. The average Bonchev–Trinajstić information content (AvgIpc) is 3.31. The molecule has 0 bridgehead atoms. The maximum atomic E-state index is 13.2. The zero-order chi connectivity index (χ0) is 19.1. The van der Waals surface area contributed by atoms with Gasteiger partial charge in [-0.3, -0.25) is 4.79 Å². The van der Waals surface area contributed by atoms with Crippen molar-refractivity contribution in [2.24, 2.45) is 0 Å². The van der Waals surface area contributed by atoms with Crippen LogP contribution in [0.1, 0.15) is 51.8 Å². The molecule has 1 fully saturated rings. The van der Waals surface area contributed by atoms with Crippen molar-refractivity contribution in [2.75, 3.05) is 7.11 Å². The van der Waals surface area contributed by atoms with Crippen LogP contribution in [0.3, 0.4) is 0 Å². The minimum absolute atomic E-state index is 0.251. The van der Waals surface area contributed by atoms with Crippen LogP contribution in [0.5, 0.6) is 5.75 Å². The number of methoxy groups -OCH3 is 1. The fourth-order valence-electron chi connectivity index (χ4n) is 3.12. The third-order valence-electron chi connectivity index (χ3n) is 4.70. The maximum Gasteiger partial charge on any atom is 0.264 e. The molecule has 0 amide bonds. The number of aliphatic hydroxyl groups is 1. The largest absolute Gasteiger partial charge is 0.496 e. The Morgan fingerprint density at radius 3 is 2.85 bits per heavy atom. The Labute approximate surface area is 163 Å². The molecule has 0 unspecified atom stereocenters. The van der Waals surface area contributed by atoms with Gasteiger partial charge in [-0.15, -0.1) is 10.2 Å². The molecule has 7 nitrogen and oxygen atoms in total. The highest BCUT2D eigenvalue weighted by atomic mass is 79.9. The molecule has 2 heterocycles. The summed E-state index contributed by atoms with van der Waals surface area (Å²) in [7, 11) is 1.51. The number of halogens is 1. The van der Waals surface area contributed by atoms with E-state index in [-0.39, 0.29) is 12.4 Å². The van der Waals surface area contributed by atoms with Crippen molar-refractivity contribution in [3.63, 3.8) is 0 Å². The number of aromatic nitrogens is 3. The van der Waals surface area contributed by atoms with Crippen LogP contribution in [-0.4, -0.2) is 33.2 Å². The molecule has 0 aliphatic heterocycles. The van der Waals surface area contributed by atoms with Gasteiger partial charge in [0.2, 0.25) is 5.89 Å². The van der Waals surface area contributed by atoms with E-state index in [9.17, 15) is 9.90 Å². The second-order valence-electron chi connectivity index (χ2n) is 6.53. The monoisotopic (exact) mass is 431 g/mol. The maximum absolute atomic E-state index is 13.2. The van der Waals surface area contributed by atoms with Crippen molar-refractivity contribution in [1.29, 1.82) is 0 Å². The summed E-state index contributed by atoms with van der Waals surface area (Å²) >= 11 is 3.39. The van der Waals surface area contributed by atoms with Crippen LogP contribution in [0.4, 0.5) is 0 Å². The highest BCUT2D eigenvalue weighted by Crippen LogP contribution is 2.40. The lowest BCUT2D eigenvalue weighted by atomic mass is 9.98. The average molecular weight is 432 g/mol. The van der Waals surface area contributed by atoms with E-state index >= 15 is 0 Å². The lowest BCUT2D eigenvalue weighted by Gasteiger charge is -2.09. The number of hydrogen-bond acceptors (Lipinski definition) is 6. The minimum Gasteiger partial charge on any atom is -0.496 e. The second-order valence-corrected chi connectivity index (χ2v) is 7.45. The Morgan fingerprint density at radius 1 is 1.41 bits per heavy atom. The van der Waals surface area contributed by atoms with Crippen LogP contribution in [0.15, 0.2) is 27.1 Å². The third kappa shape index (κ3) is 3.19. The van der Waals surface area contributed by atoms with E-state index in [0.717, 1.165) is 17.3 Å². The molecular weight excluding hydrogens is 414 g/mol. The van der Waals surface area contributed by atoms with E-state index in [2.05, 4.69) is 31.1 Å². The number of ether oxygens (including phenoxy) is 1. The number of ketones is 1. The van der Waals surface area contributed by atoms with Crippen molar-refractivity contribution in [3.8, 4) is 17.3 Å². The first-order valence-electron chi connectivity index (χ1n) is 8.57. The Morgan fingerprint density at radius 2 is 2.19 bits per heavy atom. The summed E-state index contributed by atoms with van der Waals surface area (Å²) in [6.07, 6.45) is 2.11. The van der Waals surface area contributed by atoms with Gasteiger partial charge in [0.05, 0.1) is 25.0 Å². The Bertz CT molecular complexity index is 1020. The zero-order valence-corrected chi connectivity index (χ0v) is 16.5. The molecule has 1 aliphatic rings. The predicted molar refractivity (Wildman–Crippen MR) is 101 cm³/mol. The first-order chi connectivity index (χ1) is 13.0. The highest BCUT2D eigenvalue weighted by Gasteiger charge is 2.31. The molecule has 0 radical (unpaired) electrons. The molecule has 2 N–H and O–H groups in total. The Balaban J connectivity index is 1.79. The zero-order valence-electron chi connectivity index (χ0n) is 14.9. The van der Waals surface area contributed by atoms with Gasteiger partial charge in [0, 0.05) is 16.0 Å². The molecular formula is C19H18BrN3O4. The number of carbonyl (C=O) groups is 1. The van der Waals surface area contributed by atoms with Gasteiger partial charge in [-0.2, -0.15) is 0 Å². The quantitative estimate of drug-likeness (QED) is 0.576. The van der Waals surface area contributed by atoms with Crippen LogP contribution in [0, 0.1) is 6.92 Å². The molecule has 27 heavy (non-hydrogen) atoms. The topological polar surface area (TPSA) is 101 Å². The molecule has 4 rings (SSSR count). The number of benzene rings is 1. The lowest BCUT2D eigenvalue weighted by Crippen LogP contribution is -2.07. The molecule has 0 spiro atoms. The van der Waals surface area contributed by atoms with Gasteiger partial charge in [-0.05, 0) is 43.5 Å². The van der Waals surface area contributed by atoms with Crippen molar-refractivity contribution in [1.82, 2.24) is 15.2 Å². The van der Waals surface area contributed by atoms with Gasteiger partial charge in [-0.1, -0.05) is 15.9 Å². The number of carbonyl (C=O) groups excluding carboxylic acids is 1.